The van der Waals surface area contributed by atoms with Gasteiger partial charge in [-0.1, -0.05) is 30.3 Å². The van der Waals surface area contributed by atoms with Gasteiger partial charge in [-0.25, -0.2) is 0 Å². The number of likely N-dealkylation sites (tertiary alicyclic amines) is 1. The third-order valence-corrected chi connectivity index (χ3v) is 3.73. The van der Waals surface area contributed by atoms with Gasteiger partial charge in [0.05, 0.1) is 6.04 Å². The van der Waals surface area contributed by atoms with Gasteiger partial charge in [-0.2, -0.15) is 0 Å². The van der Waals surface area contributed by atoms with Crippen LogP contribution in [0.15, 0.2) is 30.3 Å². The topological polar surface area (TPSA) is 75.4 Å². The fourth-order valence-electron chi connectivity index (χ4n) is 2.51. The van der Waals surface area contributed by atoms with Gasteiger partial charge in [0.25, 0.3) is 0 Å². The lowest BCUT2D eigenvalue weighted by Crippen LogP contribution is -2.52. The molecule has 21 heavy (non-hydrogen) atoms. The average Bonchev–Trinajstić information content (AvgIpc) is 3.01. The Morgan fingerprint density at radius 1 is 1.24 bits per heavy atom. The molecule has 1 unspecified atom stereocenters. The van der Waals surface area contributed by atoms with Crippen LogP contribution >= 0.6 is 0 Å². The lowest BCUT2D eigenvalue weighted by molar-refractivity contribution is -0.135. The average molecular weight is 289 g/mol. The lowest BCUT2D eigenvalue weighted by Gasteiger charge is -2.25. The quantitative estimate of drug-likeness (QED) is 0.837. The van der Waals surface area contributed by atoms with Crippen LogP contribution in [0.1, 0.15) is 25.3 Å². The Labute approximate surface area is 125 Å². The van der Waals surface area contributed by atoms with E-state index < -0.39 is 12.1 Å². The number of nitrogens with one attached hydrogen (secondary N) is 1. The highest BCUT2D eigenvalue weighted by atomic mass is 16.2. The van der Waals surface area contributed by atoms with E-state index in [2.05, 4.69) is 5.32 Å². The molecule has 0 aromatic heterocycles. The summed E-state index contributed by atoms with van der Waals surface area (Å²) in [5, 5.41) is 2.79. The molecule has 114 valence electrons. The fourth-order valence-corrected chi connectivity index (χ4v) is 2.51. The van der Waals surface area contributed by atoms with Crippen LogP contribution in [-0.4, -0.2) is 41.9 Å². The Kier molecular flexibility index (Phi) is 5.33. The highest BCUT2D eigenvalue weighted by Gasteiger charge is 2.28. The van der Waals surface area contributed by atoms with Crippen LogP contribution in [0, 0.1) is 0 Å². The molecule has 0 aliphatic carbocycles. The van der Waals surface area contributed by atoms with Crippen molar-refractivity contribution in [3.63, 3.8) is 0 Å². The molecule has 1 aliphatic rings. The molecule has 2 amide bonds. The third kappa shape index (κ3) is 4.29. The summed E-state index contributed by atoms with van der Waals surface area (Å²) >= 11 is 0. The van der Waals surface area contributed by atoms with Gasteiger partial charge in [0, 0.05) is 19.5 Å². The Balaban J connectivity index is 2.09. The maximum absolute atomic E-state index is 12.6. The van der Waals surface area contributed by atoms with Crippen molar-refractivity contribution in [3.05, 3.63) is 35.9 Å². The number of nitrogens with zero attached hydrogens (tertiary/aromatic N) is 1. The van der Waals surface area contributed by atoms with E-state index in [0.717, 1.165) is 31.5 Å². The molecule has 0 radical (unpaired) electrons. The van der Waals surface area contributed by atoms with Crippen molar-refractivity contribution >= 4 is 11.8 Å². The first-order valence-electron chi connectivity index (χ1n) is 7.46. The van der Waals surface area contributed by atoms with Gasteiger partial charge in [0.15, 0.2) is 0 Å². The minimum absolute atomic E-state index is 0.00893. The normalized spacial score (nSPS) is 17.3. The number of amides is 2. The molecule has 1 aromatic carbocycles. The summed E-state index contributed by atoms with van der Waals surface area (Å²) in [6.45, 7) is 3.17. The van der Waals surface area contributed by atoms with E-state index in [4.69, 9.17) is 5.73 Å². The summed E-state index contributed by atoms with van der Waals surface area (Å²) in [5.41, 5.74) is 6.62. The van der Waals surface area contributed by atoms with Crippen molar-refractivity contribution in [2.45, 2.75) is 38.3 Å². The zero-order chi connectivity index (χ0) is 15.2. The maximum Gasteiger partial charge on any atom is 0.245 e. The van der Waals surface area contributed by atoms with Gasteiger partial charge >= 0.3 is 0 Å². The van der Waals surface area contributed by atoms with E-state index >= 15 is 0 Å². The second kappa shape index (κ2) is 7.22. The summed E-state index contributed by atoms with van der Waals surface area (Å²) in [5.74, 6) is -0.297. The predicted octanol–water partition coefficient (Wildman–Crippen LogP) is 0.684. The highest BCUT2D eigenvalue weighted by molar-refractivity contribution is 5.89. The molecule has 5 heteroatoms. The van der Waals surface area contributed by atoms with Crippen LogP contribution in [-0.2, 0) is 16.0 Å². The molecule has 2 atom stereocenters. The van der Waals surface area contributed by atoms with Gasteiger partial charge in [-0.05, 0) is 25.3 Å². The van der Waals surface area contributed by atoms with Gasteiger partial charge in [0.1, 0.15) is 6.04 Å². The van der Waals surface area contributed by atoms with Gasteiger partial charge in [-0.3, -0.25) is 9.59 Å². The minimum atomic E-state index is -0.616. The number of benzene rings is 1. The van der Waals surface area contributed by atoms with Crippen LogP contribution in [0.25, 0.3) is 0 Å². The Hall–Kier alpha value is -1.88. The van der Waals surface area contributed by atoms with Crippen LogP contribution in [0.4, 0.5) is 0 Å². The molecule has 0 spiro atoms. The standard InChI is InChI=1S/C16H23N3O2/c1-12(17)15(20)18-14(11-13-7-3-2-4-8-13)16(21)19-9-5-6-10-19/h2-4,7-8,12,14H,5-6,9-11,17H2,1H3,(H,18,20)/t12-,14?/m0/s1. The molecule has 5 nitrogen and oxygen atoms in total. The number of carbonyl (C=O) groups excluding carboxylic acids is 2. The number of hydrogen-bond acceptors (Lipinski definition) is 3. The zero-order valence-electron chi connectivity index (χ0n) is 12.4. The van der Waals surface area contributed by atoms with Crippen LogP contribution < -0.4 is 11.1 Å². The first-order valence-corrected chi connectivity index (χ1v) is 7.46. The second-order valence-corrected chi connectivity index (χ2v) is 5.57. The number of carbonyl (C=O) groups is 2. The molecule has 1 aliphatic heterocycles. The van der Waals surface area contributed by atoms with Crippen molar-refractivity contribution in [1.82, 2.24) is 10.2 Å². The monoisotopic (exact) mass is 289 g/mol. The molecule has 2 rings (SSSR count). The summed E-state index contributed by atoms with van der Waals surface area (Å²) in [6, 6.07) is 8.56. The maximum atomic E-state index is 12.6. The third-order valence-electron chi connectivity index (χ3n) is 3.73. The molecule has 1 saturated heterocycles. The Morgan fingerprint density at radius 2 is 1.86 bits per heavy atom. The molecule has 0 saturated carbocycles. The van der Waals surface area contributed by atoms with Crippen LogP contribution in [0.2, 0.25) is 0 Å². The molecule has 0 bridgehead atoms. The molecule has 1 heterocycles. The van der Waals surface area contributed by atoms with E-state index in [-0.39, 0.29) is 11.8 Å². The van der Waals surface area contributed by atoms with E-state index in [1.54, 1.807) is 6.92 Å². The van der Waals surface area contributed by atoms with Crippen LogP contribution in [0.3, 0.4) is 0 Å². The van der Waals surface area contributed by atoms with Crippen molar-refractivity contribution in [2.24, 2.45) is 5.73 Å². The van der Waals surface area contributed by atoms with Crippen LogP contribution in [0.5, 0.6) is 0 Å². The van der Waals surface area contributed by atoms with E-state index in [1.807, 2.05) is 35.2 Å². The number of rotatable bonds is 5. The van der Waals surface area contributed by atoms with E-state index in [1.165, 1.54) is 0 Å². The van der Waals surface area contributed by atoms with Gasteiger partial charge in [-0.15, -0.1) is 0 Å². The van der Waals surface area contributed by atoms with Crippen molar-refractivity contribution in [2.75, 3.05) is 13.1 Å². The SMILES string of the molecule is C[C@H](N)C(=O)NC(Cc1ccccc1)C(=O)N1CCCC1. The Bertz CT molecular complexity index is 482. The van der Waals surface area contributed by atoms with Crippen molar-refractivity contribution in [1.29, 1.82) is 0 Å². The summed E-state index contributed by atoms with van der Waals surface area (Å²) < 4.78 is 0. The predicted molar refractivity (Wildman–Crippen MR) is 81.5 cm³/mol. The Morgan fingerprint density at radius 3 is 2.43 bits per heavy atom. The minimum Gasteiger partial charge on any atom is -0.343 e. The number of hydrogen-bond donors (Lipinski definition) is 2. The summed E-state index contributed by atoms with van der Waals surface area (Å²) in [7, 11) is 0. The van der Waals surface area contributed by atoms with E-state index in [9.17, 15) is 9.59 Å². The molecule has 1 fully saturated rings. The van der Waals surface area contributed by atoms with E-state index in [0.29, 0.717) is 6.42 Å². The second-order valence-electron chi connectivity index (χ2n) is 5.57. The largest absolute Gasteiger partial charge is 0.343 e. The first-order chi connectivity index (χ1) is 10.1. The first kappa shape index (κ1) is 15.5. The fraction of sp³-hybridized carbons (Fsp3) is 0.500. The highest BCUT2D eigenvalue weighted by Crippen LogP contribution is 2.12. The summed E-state index contributed by atoms with van der Waals surface area (Å²) in [6.07, 6.45) is 2.56. The molecular formula is C16H23N3O2. The van der Waals surface area contributed by atoms with Crippen molar-refractivity contribution < 1.29 is 9.59 Å². The van der Waals surface area contributed by atoms with Gasteiger partial charge in [0.2, 0.25) is 11.8 Å². The lowest BCUT2D eigenvalue weighted by atomic mass is 10.0. The van der Waals surface area contributed by atoms with Crippen molar-refractivity contribution in [3.8, 4) is 0 Å². The zero-order valence-corrected chi connectivity index (χ0v) is 12.4. The molecule has 1 aromatic rings. The molecular weight excluding hydrogens is 266 g/mol. The smallest absolute Gasteiger partial charge is 0.245 e. The molecule has 3 N–H and O–H groups in total. The van der Waals surface area contributed by atoms with Gasteiger partial charge < -0.3 is 16.0 Å². The summed E-state index contributed by atoms with van der Waals surface area (Å²) in [4.78, 5) is 26.3. The number of nitrogens with two attached hydrogens (primary N) is 1.